The number of hydrogen-bond acceptors (Lipinski definition) is 5. The van der Waals surface area contributed by atoms with Crippen molar-refractivity contribution in [2.75, 3.05) is 6.61 Å². The molecule has 1 aromatic rings. The van der Waals surface area contributed by atoms with E-state index in [1.165, 1.54) is 10.8 Å². The summed E-state index contributed by atoms with van der Waals surface area (Å²) in [5, 5.41) is 8.66. The average Bonchev–Trinajstić information content (AvgIpc) is 2.65. The Kier molecular flexibility index (Phi) is 11.2. The van der Waals surface area contributed by atoms with Crippen molar-refractivity contribution in [2.24, 2.45) is 0 Å². The molecule has 0 saturated carbocycles. The predicted octanol–water partition coefficient (Wildman–Crippen LogP) is -1.65. The maximum Gasteiger partial charge on any atom is 1.00 e. The summed E-state index contributed by atoms with van der Waals surface area (Å²) in [5.41, 5.74) is 0.206. The number of rotatable bonds is 6. The van der Waals surface area contributed by atoms with Crippen LogP contribution in [0.3, 0.4) is 0 Å². The topological polar surface area (TPSA) is 97.9 Å². The molecule has 0 atom stereocenters. The van der Waals surface area contributed by atoms with Gasteiger partial charge in [-0.2, -0.15) is 11.5 Å². The van der Waals surface area contributed by atoms with Crippen molar-refractivity contribution in [3.63, 3.8) is 0 Å². The fraction of sp³-hybridized carbons (Fsp3) is 0.545. The zero-order valence-corrected chi connectivity index (χ0v) is 15.9. The summed E-state index contributed by atoms with van der Waals surface area (Å²) in [4.78, 5) is 14.4. The smallest absolute Gasteiger partial charge is 0.870 e. The molecule has 8 heteroatoms. The van der Waals surface area contributed by atoms with Crippen molar-refractivity contribution in [1.29, 1.82) is 5.26 Å². The van der Waals surface area contributed by atoms with Gasteiger partial charge in [0.25, 0.3) is 0 Å². The monoisotopic (exact) mass is 306 g/mol. The van der Waals surface area contributed by atoms with Crippen LogP contribution in [0.15, 0.2) is 6.20 Å². The molecule has 19 heavy (non-hydrogen) atoms. The Labute approximate surface area is 156 Å². The number of carbonyl (C=O) groups excluding carboxylic acids is 1. The number of nitriles is 1. The van der Waals surface area contributed by atoms with Crippen LogP contribution in [0, 0.1) is 11.3 Å². The Hall–Kier alpha value is 0.143. The van der Waals surface area contributed by atoms with Crippen molar-refractivity contribution in [3.8, 4) is 6.07 Å². The molecule has 0 aromatic carbocycles. The predicted molar refractivity (Wildman–Crippen MR) is 67.8 cm³/mol. The van der Waals surface area contributed by atoms with Gasteiger partial charge in [-0.3, -0.25) is 4.98 Å². The van der Waals surface area contributed by atoms with Gasteiger partial charge in [-0.15, -0.1) is 0 Å². The molecule has 1 aromatic heterocycles. The third-order valence-corrected chi connectivity index (χ3v) is 3.91. The molecule has 0 spiro atoms. The Bertz CT molecular complexity index is 437. The molecule has 0 amide bonds. The van der Waals surface area contributed by atoms with Crippen molar-refractivity contribution in [1.82, 2.24) is 9.55 Å². The third-order valence-electron chi connectivity index (χ3n) is 2.21. The number of aromatic nitrogens is 2. The summed E-state index contributed by atoms with van der Waals surface area (Å²) in [5.74, 6) is 0.106. The van der Waals surface area contributed by atoms with Gasteiger partial charge in [0, 0.05) is 20.9 Å². The largest absolute Gasteiger partial charge is 1.00 e. The van der Waals surface area contributed by atoms with Gasteiger partial charge in [0.05, 0.1) is 0 Å². The Morgan fingerprint density at radius 2 is 2.16 bits per heavy atom. The van der Waals surface area contributed by atoms with E-state index in [1.807, 2.05) is 6.07 Å². The molecule has 0 aliphatic heterocycles. The Balaban J connectivity index is 0. The van der Waals surface area contributed by atoms with Crippen LogP contribution < -0.4 is 51.4 Å². The maximum absolute atomic E-state index is 10.6. The van der Waals surface area contributed by atoms with E-state index in [-0.39, 0.29) is 75.1 Å². The molecule has 0 unspecified atom stereocenters. The quantitative estimate of drug-likeness (QED) is 0.356. The Morgan fingerprint density at radius 1 is 1.53 bits per heavy atom. The molecule has 0 saturated heterocycles. The molecule has 1 N–H and O–H groups in total. The van der Waals surface area contributed by atoms with E-state index in [0.717, 1.165) is 6.04 Å². The normalized spacial score (nSPS) is 10.0. The average molecular weight is 306 g/mol. The van der Waals surface area contributed by atoms with Crippen molar-refractivity contribution < 1.29 is 66.4 Å². The molecule has 100 valence electrons. The van der Waals surface area contributed by atoms with Crippen molar-refractivity contribution in [2.45, 2.75) is 32.4 Å². The van der Waals surface area contributed by atoms with E-state index >= 15 is 0 Å². The zero-order valence-electron chi connectivity index (χ0n) is 11.8. The second kappa shape index (κ2) is 9.96. The van der Waals surface area contributed by atoms with E-state index in [1.54, 1.807) is 6.29 Å². The van der Waals surface area contributed by atoms with Crippen LogP contribution >= 0.6 is 0 Å². The summed E-state index contributed by atoms with van der Waals surface area (Å²) in [6, 6.07) is 2.94. The number of ether oxygens (including phenoxy) is 1. The first kappa shape index (κ1) is 21.4. The fourth-order valence-corrected chi connectivity index (χ4v) is 1.95. The second-order valence-corrected chi connectivity index (χ2v) is 10.6. The van der Waals surface area contributed by atoms with Crippen LogP contribution in [0.4, 0.5) is 0 Å². The van der Waals surface area contributed by atoms with Gasteiger partial charge in [0.2, 0.25) is 0 Å². The summed E-state index contributed by atoms with van der Waals surface area (Å²) in [7, 11) is -1.10. The molecular weight excluding hydrogens is 289 g/mol. The molecule has 0 aliphatic carbocycles. The standard InChI is InChI=1S/C11H16N3O2Si.K.H2O/c1-17(2,3)5-4-16-9-14-7-10(6-12)13-11(14)8-15;;/h7H,4-5,9H2,1-3H3;;1H2/q-1;+1;/p-1. The maximum atomic E-state index is 10.6. The van der Waals surface area contributed by atoms with E-state index in [9.17, 15) is 4.79 Å². The van der Waals surface area contributed by atoms with E-state index < -0.39 is 8.07 Å². The Morgan fingerprint density at radius 3 is 2.63 bits per heavy atom. The van der Waals surface area contributed by atoms with E-state index in [0.29, 0.717) is 6.61 Å². The van der Waals surface area contributed by atoms with Crippen LogP contribution in [-0.4, -0.2) is 36.0 Å². The van der Waals surface area contributed by atoms with Gasteiger partial charge in [-0.25, -0.2) is 0 Å². The molecule has 6 nitrogen and oxygen atoms in total. The first-order valence-electron chi connectivity index (χ1n) is 5.39. The van der Waals surface area contributed by atoms with Crippen molar-refractivity contribution >= 4 is 14.4 Å². The van der Waals surface area contributed by atoms with Gasteiger partial charge in [-0.05, 0) is 11.9 Å². The van der Waals surface area contributed by atoms with Gasteiger partial charge >= 0.3 is 51.4 Å². The molecule has 1 rings (SSSR count). The SMILES string of the molecule is C[Si](C)(C)CCOCn1cc(C#N)nc1[C-]=O.[K+].[OH-]. The van der Waals surface area contributed by atoms with Crippen LogP contribution in [0.5, 0.6) is 0 Å². The summed E-state index contributed by atoms with van der Waals surface area (Å²) >= 11 is 0. The number of imidazole rings is 1. The molecule has 0 bridgehead atoms. The van der Waals surface area contributed by atoms with Gasteiger partial charge < -0.3 is 19.6 Å². The van der Waals surface area contributed by atoms with Crippen LogP contribution in [0.1, 0.15) is 11.5 Å². The molecule has 0 fully saturated rings. The molecule has 1 heterocycles. The minimum Gasteiger partial charge on any atom is -0.870 e. The van der Waals surface area contributed by atoms with E-state index in [2.05, 4.69) is 24.6 Å². The first-order chi connectivity index (χ1) is 7.96. The minimum absolute atomic E-state index is 0. The first-order valence-corrected chi connectivity index (χ1v) is 9.10. The van der Waals surface area contributed by atoms with Crippen LogP contribution in [0.25, 0.3) is 0 Å². The summed E-state index contributed by atoms with van der Waals surface area (Å²) < 4.78 is 6.96. The van der Waals surface area contributed by atoms with Gasteiger partial charge in [0.1, 0.15) is 12.8 Å². The third kappa shape index (κ3) is 8.11. The summed E-state index contributed by atoms with van der Waals surface area (Å²) in [6.07, 6.45) is 3.18. The van der Waals surface area contributed by atoms with Crippen LogP contribution in [-0.2, 0) is 16.3 Å². The zero-order chi connectivity index (χ0) is 12.9. The molecule has 0 radical (unpaired) electrons. The number of nitrogens with zero attached hydrogens (tertiary/aromatic N) is 3. The number of hydrogen-bond donors (Lipinski definition) is 0. The van der Waals surface area contributed by atoms with E-state index in [4.69, 9.17) is 10.00 Å². The molecule has 0 aliphatic rings. The summed E-state index contributed by atoms with van der Waals surface area (Å²) in [6.45, 7) is 7.71. The molecular formula is C11H17KN3O3Si-. The van der Waals surface area contributed by atoms with Crippen LogP contribution in [0.2, 0.25) is 25.7 Å². The van der Waals surface area contributed by atoms with Gasteiger partial charge in [-0.1, -0.05) is 19.6 Å². The van der Waals surface area contributed by atoms with Gasteiger partial charge in [0.15, 0.2) is 5.69 Å². The second-order valence-electron chi connectivity index (χ2n) is 4.98. The van der Waals surface area contributed by atoms with Crippen molar-refractivity contribution in [3.05, 3.63) is 17.7 Å². The fourth-order valence-electron chi connectivity index (χ4n) is 1.19. The minimum atomic E-state index is -1.10.